The van der Waals surface area contributed by atoms with Crippen LogP contribution in [0.3, 0.4) is 0 Å². The molecular formula is C20H13F4N3O2. The first kappa shape index (κ1) is 18.9. The van der Waals surface area contributed by atoms with E-state index in [1.54, 1.807) is 6.07 Å². The van der Waals surface area contributed by atoms with Crippen molar-refractivity contribution in [3.05, 3.63) is 76.9 Å². The Morgan fingerprint density at radius 3 is 2.17 bits per heavy atom. The van der Waals surface area contributed by atoms with E-state index in [0.29, 0.717) is 0 Å². The number of carbonyl (C=O) groups is 1. The number of allylic oxidation sites excluding steroid dienone is 2. The molecule has 2 unspecified atom stereocenters. The largest absolute Gasteiger partial charge is 0.478 e. The van der Waals surface area contributed by atoms with Crippen LogP contribution < -0.4 is 0 Å². The van der Waals surface area contributed by atoms with Crippen molar-refractivity contribution >= 4 is 11.5 Å². The molecule has 148 valence electrons. The molecule has 0 fully saturated rings. The molecule has 4 rings (SSSR count). The van der Waals surface area contributed by atoms with Crippen LogP contribution in [0, 0.1) is 23.3 Å². The van der Waals surface area contributed by atoms with Crippen molar-refractivity contribution in [1.29, 1.82) is 0 Å². The number of carboxylic acids is 1. The molecule has 2 aliphatic rings. The minimum absolute atomic E-state index is 0.0301. The molecule has 29 heavy (non-hydrogen) atoms. The average molecular weight is 403 g/mol. The van der Waals surface area contributed by atoms with Gasteiger partial charge in [-0.05, 0) is 23.3 Å². The lowest BCUT2D eigenvalue weighted by molar-refractivity contribution is -0.133. The standard InChI is InChI=1S/C20H13F4N3O2/c1-27-19-11(20(28)29)7-10(8-12(19)25-26-27)14-17(23)15(21)13(16(22)18(14)24)9-5-3-2-4-6-9/h2-8,12,19H,1H3,(H,28,29). The Hall–Kier alpha value is -3.49. The van der Waals surface area contributed by atoms with E-state index in [9.17, 15) is 27.5 Å². The van der Waals surface area contributed by atoms with E-state index in [0.717, 1.165) is 6.08 Å². The van der Waals surface area contributed by atoms with Gasteiger partial charge in [0.05, 0.1) is 16.7 Å². The molecule has 5 nitrogen and oxygen atoms in total. The second kappa shape index (κ2) is 6.84. The summed E-state index contributed by atoms with van der Waals surface area (Å²) in [6.07, 6.45) is 2.23. The molecule has 0 spiro atoms. The quantitative estimate of drug-likeness (QED) is 0.612. The maximum Gasteiger partial charge on any atom is 0.333 e. The smallest absolute Gasteiger partial charge is 0.333 e. The van der Waals surface area contributed by atoms with Gasteiger partial charge in [0.25, 0.3) is 0 Å². The van der Waals surface area contributed by atoms with Gasteiger partial charge in [0.15, 0.2) is 23.3 Å². The fourth-order valence-corrected chi connectivity index (χ4v) is 3.56. The Kier molecular flexibility index (Phi) is 4.45. The van der Waals surface area contributed by atoms with E-state index in [-0.39, 0.29) is 16.7 Å². The van der Waals surface area contributed by atoms with Gasteiger partial charge in [-0.15, -0.1) is 0 Å². The van der Waals surface area contributed by atoms with Crippen molar-refractivity contribution in [1.82, 2.24) is 5.01 Å². The predicted octanol–water partition coefficient (Wildman–Crippen LogP) is 4.37. The third kappa shape index (κ3) is 2.89. The summed E-state index contributed by atoms with van der Waals surface area (Å²) in [7, 11) is 1.50. The van der Waals surface area contributed by atoms with Gasteiger partial charge in [-0.25, -0.2) is 22.4 Å². The first-order valence-corrected chi connectivity index (χ1v) is 8.53. The van der Waals surface area contributed by atoms with Crippen molar-refractivity contribution < 1.29 is 27.5 Å². The van der Waals surface area contributed by atoms with Crippen molar-refractivity contribution in [2.24, 2.45) is 10.3 Å². The van der Waals surface area contributed by atoms with Crippen LogP contribution in [0.1, 0.15) is 5.56 Å². The average Bonchev–Trinajstić information content (AvgIpc) is 3.08. The SMILES string of the molecule is CN1N=NC2C=C(c3c(F)c(F)c(-c4ccccc4)c(F)c3F)C=C(C(=O)O)C21. The Morgan fingerprint density at radius 1 is 1.00 bits per heavy atom. The molecule has 1 aliphatic heterocycles. The van der Waals surface area contributed by atoms with E-state index in [4.69, 9.17) is 0 Å². The minimum atomic E-state index is -1.61. The van der Waals surface area contributed by atoms with Gasteiger partial charge in [0.1, 0.15) is 12.1 Å². The lowest BCUT2D eigenvalue weighted by atomic mass is 9.86. The third-order valence-corrected chi connectivity index (χ3v) is 4.89. The fraction of sp³-hybridized carbons (Fsp3) is 0.150. The molecule has 2 aromatic carbocycles. The Morgan fingerprint density at radius 2 is 1.59 bits per heavy atom. The highest BCUT2D eigenvalue weighted by Gasteiger charge is 2.40. The third-order valence-electron chi connectivity index (χ3n) is 4.89. The summed E-state index contributed by atoms with van der Waals surface area (Å²) in [6.45, 7) is 0. The van der Waals surface area contributed by atoms with Crippen molar-refractivity contribution in [3.63, 3.8) is 0 Å². The number of likely N-dealkylation sites (N-methyl/N-ethyl adjacent to an activating group) is 1. The van der Waals surface area contributed by atoms with Gasteiger partial charge in [-0.1, -0.05) is 35.6 Å². The molecule has 1 heterocycles. The molecule has 0 aromatic heterocycles. The summed E-state index contributed by atoms with van der Waals surface area (Å²) in [4.78, 5) is 11.6. The van der Waals surface area contributed by atoms with E-state index in [1.807, 2.05) is 0 Å². The van der Waals surface area contributed by atoms with Crippen molar-refractivity contribution in [3.8, 4) is 11.1 Å². The number of aliphatic carboxylic acids is 1. The van der Waals surface area contributed by atoms with Crippen LogP contribution in [0.5, 0.6) is 0 Å². The molecule has 0 amide bonds. The Balaban J connectivity index is 1.92. The van der Waals surface area contributed by atoms with Crippen LogP contribution in [0.25, 0.3) is 16.7 Å². The normalized spacial score (nSPS) is 20.4. The molecular weight excluding hydrogens is 390 g/mol. The fourth-order valence-electron chi connectivity index (χ4n) is 3.56. The lowest BCUT2D eigenvalue weighted by Gasteiger charge is -2.26. The molecule has 2 aromatic rings. The highest BCUT2D eigenvalue weighted by atomic mass is 19.2. The number of rotatable bonds is 3. The lowest BCUT2D eigenvalue weighted by Crippen LogP contribution is -2.38. The number of hydrogen-bond donors (Lipinski definition) is 1. The second-order valence-electron chi connectivity index (χ2n) is 6.61. The summed E-state index contributed by atoms with van der Waals surface area (Å²) < 4.78 is 59.2. The van der Waals surface area contributed by atoms with Crippen LogP contribution in [0.2, 0.25) is 0 Å². The Labute approximate surface area is 162 Å². The van der Waals surface area contributed by atoms with Gasteiger partial charge in [0.2, 0.25) is 0 Å². The highest BCUT2D eigenvalue weighted by molar-refractivity contribution is 5.94. The zero-order chi connectivity index (χ0) is 20.9. The topological polar surface area (TPSA) is 65.3 Å². The molecule has 2 atom stereocenters. The number of halogens is 4. The van der Waals surface area contributed by atoms with Gasteiger partial charge >= 0.3 is 5.97 Å². The summed E-state index contributed by atoms with van der Waals surface area (Å²) in [5.41, 5.74) is -2.41. The summed E-state index contributed by atoms with van der Waals surface area (Å²) in [5.74, 6) is -7.71. The van der Waals surface area contributed by atoms with Crippen molar-refractivity contribution in [2.45, 2.75) is 12.1 Å². The van der Waals surface area contributed by atoms with Gasteiger partial charge in [-0.3, -0.25) is 5.01 Å². The predicted molar refractivity (Wildman–Crippen MR) is 95.6 cm³/mol. The first-order chi connectivity index (χ1) is 13.8. The number of benzene rings is 2. The molecule has 9 heteroatoms. The maximum absolute atomic E-state index is 14.9. The first-order valence-electron chi connectivity index (χ1n) is 8.53. The van der Waals surface area contributed by atoms with E-state index >= 15 is 0 Å². The van der Waals surface area contributed by atoms with E-state index in [1.165, 1.54) is 42.4 Å². The summed E-state index contributed by atoms with van der Waals surface area (Å²) in [5, 5.41) is 18.4. The zero-order valence-corrected chi connectivity index (χ0v) is 14.9. The molecule has 1 N–H and O–H groups in total. The van der Waals surface area contributed by atoms with Gasteiger partial charge in [-0.2, -0.15) is 5.11 Å². The number of fused-ring (bicyclic) bond motifs is 1. The van der Waals surface area contributed by atoms with E-state index in [2.05, 4.69) is 10.3 Å². The highest BCUT2D eigenvalue weighted by Crippen LogP contribution is 2.39. The zero-order valence-electron chi connectivity index (χ0n) is 14.9. The monoisotopic (exact) mass is 403 g/mol. The summed E-state index contributed by atoms with van der Waals surface area (Å²) >= 11 is 0. The van der Waals surface area contributed by atoms with E-state index < -0.39 is 52.4 Å². The van der Waals surface area contributed by atoms with Crippen LogP contribution in [-0.2, 0) is 4.79 Å². The van der Waals surface area contributed by atoms with Crippen LogP contribution in [0.15, 0.2) is 58.4 Å². The van der Waals surface area contributed by atoms with Crippen LogP contribution >= 0.6 is 0 Å². The van der Waals surface area contributed by atoms with Crippen molar-refractivity contribution in [2.75, 3.05) is 7.05 Å². The van der Waals surface area contributed by atoms with Gasteiger partial charge in [0, 0.05) is 7.05 Å². The van der Waals surface area contributed by atoms with Gasteiger partial charge < -0.3 is 5.11 Å². The number of hydrogen-bond acceptors (Lipinski definition) is 4. The molecule has 0 bridgehead atoms. The van der Waals surface area contributed by atoms with Crippen LogP contribution in [-0.4, -0.2) is 35.2 Å². The maximum atomic E-state index is 14.9. The molecule has 0 saturated heterocycles. The molecule has 0 saturated carbocycles. The molecule has 0 radical (unpaired) electrons. The number of carboxylic acid groups (broad SMARTS) is 1. The van der Waals surface area contributed by atoms with Crippen LogP contribution in [0.4, 0.5) is 17.6 Å². The summed E-state index contributed by atoms with van der Waals surface area (Å²) in [6, 6.07) is 5.56. The second-order valence-corrected chi connectivity index (χ2v) is 6.61. The Bertz CT molecular complexity index is 1080. The minimum Gasteiger partial charge on any atom is -0.478 e. The number of nitrogens with zero attached hydrogens (tertiary/aromatic N) is 3. The molecule has 1 aliphatic carbocycles.